The number of aromatic nitrogens is 9. The average molecular weight is 484 g/mol. The number of imidazole rings is 1. The predicted molar refractivity (Wildman–Crippen MR) is 137 cm³/mol. The number of aryl methyl sites for hydroxylation is 3. The highest BCUT2D eigenvalue weighted by atomic mass is 16.1. The molecule has 1 aromatic carbocycles. The summed E-state index contributed by atoms with van der Waals surface area (Å²) in [6.07, 6.45) is 11.1. The van der Waals surface area contributed by atoms with Gasteiger partial charge < -0.3 is 0 Å². The van der Waals surface area contributed by atoms with Crippen molar-refractivity contribution in [3.63, 3.8) is 0 Å². The Hall–Kier alpha value is -4.34. The summed E-state index contributed by atoms with van der Waals surface area (Å²) in [5, 5.41) is 18.4. The van der Waals surface area contributed by atoms with Gasteiger partial charge in [0.1, 0.15) is 5.82 Å². The monoisotopic (exact) mass is 483 g/mol. The number of hydrogen-bond acceptors (Lipinski definition) is 6. The van der Waals surface area contributed by atoms with Crippen molar-refractivity contribution in [1.29, 1.82) is 0 Å². The average Bonchev–Trinajstić information content (AvgIpc) is 3.64. The minimum atomic E-state index is -0.0672. The molecule has 10 nitrogen and oxygen atoms in total. The van der Waals surface area contributed by atoms with Crippen molar-refractivity contribution < 1.29 is 0 Å². The molecular formula is C26H29N9O. The fraction of sp³-hybridized carbons (Fsp3) is 0.308. The molecule has 1 N–H and O–H groups in total. The van der Waals surface area contributed by atoms with E-state index in [0.29, 0.717) is 12.4 Å². The number of benzene rings is 1. The number of pyridine rings is 1. The van der Waals surface area contributed by atoms with Gasteiger partial charge in [-0.25, -0.2) is 9.89 Å². The Balaban J connectivity index is 1.54. The van der Waals surface area contributed by atoms with E-state index in [1.54, 1.807) is 15.4 Å². The van der Waals surface area contributed by atoms with Crippen molar-refractivity contribution in [2.75, 3.05) is 0 Å². The van der Waals surface area contributed by atoms with Gasteiger partial charge in [0.25, 0.3) is 0 Å². The van der Waals surface area contributed by atoms with E-state index in [-0.39, 0.29) is 5.69 Å². The van der Waals surface area contributed by atoms with Crippen molar-refractivity contribution in [1.82, 2.24) is 44.5 Å². The van der Waals surface area contributed by atoms with E-state index in [2.05, 4.69) is 44.6 Å². The van der Waals surface area contributed by atoms with Crippen LogP contribution in [0.5, 0.6) is 0 Å². The lowest BCUT2D eigenvalue weighted by Gasteiger charge is -2.12. The molecule has 0 aliphatic rings. The highest BCUT2D eigenvalue weighted by molar-refractivity contribution is 5.69. The first-order chi connectivity index (χ1) is 17.6. The Labute approximate surface area is 208 Å². The molecule has 4 heterocycles. The molecule has 0 bridgehead atoms. The van der Waals surface area contributed by atoms with Crippen LogP contribution in [-0.4, -0.2) is 44.5 Å². The number of nitrogens with zero attached hydrogens (tertiary/aromatic N) is 8. The van der Waals surface area contributed by atoms with E-state index in [9.17, 15) is 4.79 Å². The minimum absolute atomic E-state index is 0.0672. The van der Waals surface area contributed by atoms with Gasteiger partial charge in [-0.3, -0.25) is 18.8 Å². The zero-order valence-corrected chi connectivity index (χ0v) is 20.7. The van der Waals surface area contributed by atoms with Crippen molar-refractivity contribution in [3.8, 4) is 28.3 Å². The van der Waals surface area contributed by atoms with Gasteiger partial charge >= 0.3 is 5.69 Å². The quantitative estimate of drug-likeness (QED) is 0.343. The Morgan fingerprint density at radius 3 is 2.53 bits per heavy atom. The normalized spacial score (nSPS) is 11.3. The predicted octanol–water partition coefficient (Wildman–Crippen LogP) is 3.57. The minimum Gasteiger partial charge on any atom is -0.291 e. The molecule has 0 fully saturated rings. The van der Waals surface area contributed by atoms with Gasteiger partial charge in [-0.05, 0) is 52.4 Å². The summed E-state index contributed by atoms with van der Waals surface area (Å²) in [5.74, 6) is 1.44. The lowest BCUT2D eigenvalue weighted by molar-refractivity contribution is 0.663. The van der Waals surface area contributed by atoms with E-state index in [1.165, 1.54) is 0 Å². The molecule has 0 aliphatic carbocycles. The molecule has 184 valence electrons. The summed E-state index contributed by atoms with van der Waals surface area (Å²) in [4.78, 5) is 18.1. The van der Waals surface area contributed by atoms with Crippen LogP contribution in [-0.2, 0) is 26.4 Å². The largest absolute Gasteiger partial charge is 0.334 e. The molecule has 0 saturated carbocycles. The van der Waals surface area contributed by atoms with Crippen LogP contribution in [0.3, 0.4) is 0 Å². The van der Waals surface area contributed by atoms with E-state index >= 15 is 0 Å². The number of tetrazole rings is 1. The fourth-order valence-corrected chi connectivity index (χ4v) is 4.54. The Morgan fingerprint density at radius 1 is 1.00 bits per heavy atom. The molecule has 0 radical (unpaired) electrons. The van der Waals surface area contributed by atoms with Gasteiger partial charge in [0.05, 0.1) is 12.7 Å². The van der Waals surface area contributed by atoms with Crippen molar-refractivity contribution in [3.05, 3.63) is 82.4 Å². The third-order valence-corrected chi connectivity index (χ3v) is 6.48. The molecule has 5 rings (SSSR count). The number of nitrogens with one attached hydrogen (secondary N) is 1. The van der Waals surface area contributed by atoms with Gasteiger partial charge in [0, 0.05) is 42.5 Å². The molecule has 10 heteroatoms. The molecule has 0 unspecified atom stereocenters. The summed E-state index contributed by atoms with van der Waals surface area (Å²) in [6, 6.07) is 10.0. The first kappa shape index (κ1) is 23.4. The van der Waals surface area contributed by atoms with Crippen molar-refractivity contribution in [2.45, 2.75) is 46.1 Å². The summed E-state index contributed by atoms with van der Waals surface area (Å²) in [7, 11) is 1.88. The number of rotatable bonds is 9. The van der Waals surface area contributed by atoms with Crippen LogP contribution >= 0.6 is 0 Å². The lowest BCUT2D eigenvalue weighted by Crippen LogP contribution is -2.26. The van der Waals surface area contributed by atoms with Crippen LogP contribution in [0, 0.1) is 0 Å². The summed E-state index contributed by atoms with van der Waals surface area (Å²) >= 11 is 0. The maximum atomic E-state index is 13.7. The molecule has 5 aromatic rings. The van der Waals surface area contributed by atoms with Gasteiger partial charge in [0.15, 0.2) is 5.82 Å². The van der Waals surface area contributed by atoms with Gasteiger partial charge in [0.2, 0.25) is 0 Å². The first-order valence-corrected chi connectivity index (χ1v) is 12.2. The van der Waals surface area contributed by atoms with Crippen LogP contribution in [0.15, 0.2) is 59.9 Å². The molecule has 0 atom stereocenters. The molecule has 4 aromatic heterocycles. The topological polar surface area (TPSA) is 112 Å². The third kappa shape index (κ3) is 4.37. The molecular weight excluding hydrogens is 454 g/mol. The van der Waals surface area contributed by atoms with E-state index < -0.39 is 0 Å². The fourth-order valence-electron chi connectivity index (χ4n) is 4.54. The Kier molecular flexibility index (Phi) is 6.57. The third-order valence-electron chi connectivity index (χ3n) is 6.48. The number of aromatic amines is 1. The summed E-state index contributed by atoms with van der Waals surface area (Å²) in [6.45, 7) is 4.67. The van der Waals surface area contributed by atoms with Crippen LogP contribution in [0.2, 0.25) is 0 Å². The van der Waals surface area contributed by atoms with Gasteiger partial charge in [-0.15, -0.1) is 5.10 Å². The van der Waals surface area contributed by atoms with Gasteiger partial charge in [-0.2, -0.15) is 5.10 Å². The number of H-pyrrole nitrogens is 1. The zero-order valence-electron chi connectivity index (χ0n) is 20.7. The van der Waals surface area contributed by atoms with E-state index in [4.69, 9.17) is 0 Å². The molecule has 0 saturated heterocycles. The van der Waals surface area contributed by atoms with Crippen molar-refractivity contribution >= 4 is 0 Å². The van der Waals surface area contributed by atoms with Crippen molar-refractivity contribution in [2.24, 2.45) is 7.05 Å². The number of unbranched alkanes of at least 4 members (excludes halogenated alkanes) is 1. The van der Waals surface area contributed by atoms with Crippen LogP contribution in [0.1, 0.15) is 43.5 Å². The second-order valence-corrected chi connectivity index (χ2v) is 8.79. The van der Waals surface area contributed by atoms with Gasteiger partial charge in [-0.1, -0.05) is 44.5 Å². The summed E-state index contributed by atoms with van der Waals surface area (Å²) < 4.78 is 5.39. The molecule has 0 amide bonds. The molecule has 36 heavy (non-hydrogen) atoms. The first-order valence-electron chi connectivity index (χ1n) is 12.2. The SMILES string of the molecule is CCCCc1cn(-c2c(CC)cnn2C)c(=O)n1Cc1cnccc1-c1ccc(-c2nnn[nH]2)cc1. The second kappa shape index (κ2) is 10.1. The summed E-state index contributed by atoms with van der Waals surface area (Å²) in [5.41, 5.74) is 5.93. The smallest absolute Gasteiger partial charge is 0.291 e. The Bertz CT molecular complexity index is 1510. The highest BCUT2D eigenvalue weighted by Crippen LogP contribution is 2.26. The standard InChI is InChI=1S/C26H29N9O/c1-4-6-7-22-17-35(25-18(5-2)15-28-33(25)3)26(36)34(22)16-21-14-27-13-12-23(21)19-8-10-20(11-9-19)24-29-31-32-30-24/h8-15,17H,4-7,16H2,1-3H3,(H,29,30,31,32). The maximum Gasteiger partial charge on any atom is 0.334 e. The maximum absolute atomic E-state index is 13.7. The van der Waals surface area contributed by atoms with Crippen LogP contribution < -0.4 is 5.69 Å². The van der Waals surface area contributed by atoms with Crippen LogP contribution in [0.4, 0.5) is 0 Å². The Morgan fingerprint density at radius 2 is 1.81 bits per heavy atom. The van der Waals surface area contributed by atoms with E-state index in [1.807, 2.05) is 60.5 Å². The van der Waals surface area contributed by atoms with E-state index in [0.717, 1.165) is 65.0 Å². The number of hydrogen-bond donors (Lipinski definition) is 1. The second-order valence-electron chi connectivity index (χ2n) is 8.79. The highest BCUT2D eigenvalue weighted by Gasteiger charge is 2.19. The molecule has 0 spiro atoms. The lowest BCUT2D eigenvalue weighted by atomic mass is 10.00. The van der Waals surface area contributed by atoms with Crippen LogP contribution in [0.25, 0.3) is 28.3 Å². The zero-order chi connectivity index (χ0) is 25.1. The molecule has 0 aliphatic heterocycles.